The summed E-state index contributed by atoms with van der Waals surface area (Å²) in [4.78, 5) is 5.09. The van der Waals surface area contributed by atoms with E-state index in [-0.39, 0.29) is 0 Å². The highest BCUT2D eigenvalue weighted by molar-refractivity contribution is 7.95. The Balaban J connectivity index is 1.96. The van der Waals surface area contributed by atoms with Crippen molar-refractivity contribution >= 4 is 15.5 Å². The fourth-order valence-corrected chi connectivity index (χ4v) is 5.44. The van der Waals surface area contributed by atoms with Crippen LogP contribution in [0, 0.1) is 18.8 Å². The molecule has 0 N–H and O–H groups in total. The Kier molecular flexibility index (Phi) is 5.47. The minimum absolute atomic E-state index is 0.339. The molecule has 1 aromatic rings. The summed E-state index contributed by atoms with van der Waals surface area (Å²) < 4.78 is 26.4. The monoisotopic (exact) mass is 359 g/mol. The molecule has 1 heterocycles. The molecule has 0 atom stereocenters. The van der Waals surface area contributed by atoms with Crippen LogP contribution in [-0.4, -0.2) is 14.1 Å². The number of rotatable bonds is 5. The molecular formula is C21H29NO2S. The van der Waals surface area contributed by atoms with Gasteiger partial charge in [0, 0.05) is 12.1 Å². The first-order valence-corrected chi connectivity index (χ1v) is 11.0. The van der Waals surface area contributed by atoms with E-state index >= 15 is 0 Å². The van der Waals surface area contributed by atoms with Gasteiger partial charge in [-0.05, 0) is 55.7 Å². The number of nitrogens with zero attached hydrogens (tertiary/aromatic N) is 1. The fraction of sp³-hybridized carbons (Fsp3) is 0.571. The van der Waals surface area contributed by atoms with Crippen molar-refractivity contribution in [3.63, 3.8) is 0 Å². The lowest BCUT2D eigenvalue weighted by molar-refractivity contribution is 0.437. The molecule has 1 saturated carbocycles. The van der Waals surface area contributed by atoms with Gasteiger partial charge in [0.05, 0.1) is 4.90 Å². The van der Waals surface area contributed by atoms with Gasteiger partial charge < -0.3 is 0 Å². The van der Waals surface area contributed by atoms with E-state index in [1.165, 1.54) is 19.3 Å². The van der Waals surface area contributed by atoms with Crippen LogP contribution in [0.5, 0.6) is 0 Å². The van der Waals surface area contributed by atoms with E-state index in [0.29, 0.717) is 21.8 Å². The number of sulfone groups is 1. The summed E-state index contributed by atoms with van der Waals surface area (Å²) >= 11 is 0. The molecule has 1 fully saturated rings. The van der Waals surface area contributed by atoms with Gasteiger partial charge in [-0.15, -0.1) is 0 Å². The quantitative estimate of drug-likeness (QED) is 0.701. The fourth-order valence-electron chi connectivity index (χ4n) is 3.95. The van der Waals surface area contributed by atoms with Crippen molar-refractivity contribution in [2.45, 2.75) is 70.6 Å². The molecule has 0 saturated heterocycles. The Labute approximate surface area is 152 Å². The van der Waals surface area contributed by atoms with Crippen LogP contribution in [0.15, 0.2) is 44.8 Å². The topological polar surface area (TPSA) is 46.5 Å². The van der Waals surface area contributed by atoms with Gasteiger partial charge in [-0.1, -0.05) is 50.8 Å². The third-order valence-corrected chi connectivity index (χ3v) is 7.04. The molecule has 1 aliphatic carbocycles. The van der Waals surface area contributed by atoms with E-state index in [1.54, 1.807) is 12.1 Å². The SMILES string of the molecule is Cc1ccc(S(=O)(=O)C2=C(CC(C)C)CC(C3CCCCC3)=N2)cc1. The highest BCUT2D eigenvalue weighted by atomic mass is 32.2. The van der Waals surface area contributed by atoms with Crippen LogP contribution in [0.25, 0.3) is 0 Å². The van der Waals surface area contributed by atoms with Gasteiger partial charge in [-0.2, -0.15) is 0 Å². The normalized spacial score (nSPS) is 19.6. The predicted octanol–water partition coefficient (Wildman–Crippen LogP) is 5.45. The first kappa shape index (κ1) is 18.4. The molecule has 0 amide bonds. The maximum absolute atomic E-state index is 13.2. The molecule has 1 aromatic carbocycles. The van der Waals surface area contributed by atoms with Crippen LogP contribution in [-0.2, 0) is 9.84 Å². The highest BCUT2D eigenvalue weighted by Crippen LogP contribution is 2.37. The minimum Gasteiger partial charge on any atom is -0.245 e. The van der Waals surface area contributed by atoms with Gasteiger partial charge in [-0.25, -0.2) is 13.4 Å². The molecule has 0 bridgehead atoms. The largest absolute Gasteiger partial charge is 0.245 e. The van der Waals surface area contributed by atoms with Crippen LogP contribution in [0.1, 0.15) is 64.4 Å². The van der Waals surface area contributed by atoms with Gasteiger partial charge in [0.2, 0.25) is 9.84 Å². The molecule has 1 aliphatic heterocycles. The molecule has 0 radical (unpaired) electrons. The first-order chi connectivity index (χ1) is 11.9. The van der Waals surface area contributed by atoms with Gasteiger partial charge in [0.25, 0.3) is 0 Å². The van der Waals surface area contributed by atoms with Crippen molar-refractivity contribution < 1.29 is 8.42 Å². The van der Waals surface area contributed by atoms with Gasteiger partial charge in [0.15, 0.2) is 5.03 Å². The van der Waals surface area contributed by atoms with E-state index in [0.717, 1.165) is 42.5 Å². The summed E-state index contributed by atoms with van der Waals surface area (Å²) in [5, 5.41) is 0.339. The molecular weight excluding hydrogens is 330 g/mol. The standard InChI is InChI=1S/C21H29NO2S/c1-15(2)13-18-14-20(17-7-5-4-6-8-17)22-21(18)25(23,24)19-11-9-16(3)10-12-19/h9-12,15,17H,4-8,13-14H2,1-3H3. The smallest absolute Gasteiger partial charge is 0.223 e. The summed E-state index contributed by atoms with van der Waals surface area (Å²) in [7, 11) is -3.53. The van der Waals surface area contributed by atoms with E-state index < -0.39 is 9.84 Å². The maximum Gasteiger partial charge on any atom is 0.223 e. The third-order valence-electron chi connectivity index (χ3n) is 5.26. The Morgan fingerprint density at radius 2 is 1.72 bits per heavy atom. The van der Waals surface area contributed by atoms with Crippen LogP contribution in [0.2, 0.25) is 0 Å². The Morgan fingerprint density at radius 3 is 2.32 bits per heavy atom. The predicted molar refractivity (Wildman–Crippen MR) is 103 cm³/mol. The van der Waals surface area contributed by atoms with Crippen molar-refractivity contribution in [1.82, 2.24) is 0 Å². The average Bonchev–Trinajstić information content (AvgIpc) is 3.00. The number of benzene rings is 1. The molecule has 2 aliphatic rings. The van der Waals surface area contributed by atoms with E-state index in [9.17, 15) is 8.42 Å². The second-order valence-electron chi connectivity index (χ2n) is 7.94. The summed E-state index contributed by atoms with van der Waals surface area (Å²) in [6, 6.07) is 7.13. The lowest BCUT2D eigenvalue weighted by Gasteiger charge is -2.21. The minimum atomic E-state index is -3.53. The van der Waals surface area contributed by atoms with Gasteiger partial charge >= 0.3 is 0 Å². The van der Waals surface area contributed by atoms with E-state index in [1.807, 2.05) is 19.1 Å². The Morgan fingerprint density at radius 1 is 1.08 bits per heavy atom. The zero-order chi connectivity index (χ0) is 18.0. The molecule has 4 heteroatoms. The molecule has 3 nitrogen and oxygen atoms in total. The van der Waals surface area contributed by atoms with Crippen LogP contribution in [0.4, 0.5) is 0 Å². The van der Waals surface area contributed by atoms with Crippen molar-refractivity contribution in [3.05, 3.63) is 40.4 Å². The van der Waals surface area contributed by atoms with Crippen molar-refractivity contribution in [3.8, 4) is 0 Å². The number of hydrogen-bond donors (Lipinski definition) is 0. The number of allylic oxidation sites excluding steroid dienone is 1. The number of aliphatic imine (C=N–C) groups is 1. The molecule has 25 heavy (non-hydrogen) atoms. The second kappa shape index (κ2) is 7.45. The van der Waals surface area contributed by atoms with Crippen LogP contribution in [0.3, 0.4) is 0 Å². The Bertz CT molecular complexity index is 780. The highest BCUT2D eigenvalue weighted by Gasteiger charge is 2.32. The average molecular weight is 360 g/mol. The number of hydrogen-bond acceptors (Lipinski definition) is 3. The zero-order valence-electron chi connectivity index (χ0n) is 15.6. The molecule has 0 spiro atoms. The lowest BCUT2D eigenvalue weighted by atomic mass is 9.83. The van der Waals surface area contributed by atoms with Crippen molar-refractivity contribution in [1.29, 1.82) is 0 Å². The summed E-state index contributed by atoms with van der Waals surface area (Å²) in [5.74, 6) is 0.903. The summed E-state index contributed by atoms with van der Waals surface area (Å²) in [6.07, 6.45) is 7.65. The molecule has 0 unspecified atom stereocenters. The van der Waals surface area contributed by atoms with Crippen molar-refractivity contribution in [2.75, 3.05) is 0 Å². The third kappa shape index (κ3) is 4.05. The summed E-state index contributed by atoms with van der Waals surface area (Å²) in [6.45, 7) is 6.25. The van der Waals surface area contributed by atoms with Crippen molar-refractivity contribution in [2.24, 2.45) is 16.8 Å². The molecule has 136 valence electrons. The molecule has 0 aromatic heterocycles. The zero-order valence-corrected chi connectivity index (χ0v) is 16.4. The molecule has 3 rings (SSSR count). The van der Waals surface area contributed by atoms with Gasteiger partial charge in [0.1, 0.15) is 0 Å². The van der Waals surface area contributed by atoms with Gasteiger partial charge in [-0.3, -0.25) is 0 Å². The first-order valence-electron chi connectivity index (χ1n) is 9.49. The summed E-state index contributed by atoms with van der Waals surface area (Å²) in [5.41, 5.74) is 3.19. The van der Waals surface area contributed by atoms with E-state index in [2.05, 4.69) is 13.8 Å². The number of aryl methyl sites for hydroxylation is 1. The van der Waals surface area contributed by atoms with Crippen LogP contribution < -0.4 is 0 Å². The maximum atomic E-state index is 13.2. The lowest BCUT2D eigenvalue weighted by Crippen LogP contribution is -2.16. The van der Waals surface area contributed by atoms with E-state index in [4.69, 9.17) is 4.99 Å². The second-order valence-corrected chi connectivity index (χ2v) is 9.80. The van der Waals surface area contributed by atoms with Crippen LogP contribution >= 0.6 is 0 Å². The Hall–Kier alpha value is -1.42.